The average Bonchev–Trinajstić information content (AvgIpc) is 2.89. The number of nitrogens with one attached hydrogen (secondary N) is 2. The number of hydrogen-bond donors (Lipinski definition) is 2. The summed E-state index contributed by atoms with van der Waals surface area (Å²) in [6.45, 7) is 4.17. The van der Waals surface area contributed by atoms with Crippen LogP contribution in [0.15, 0.2) is 4.79 Å². The Balaban J connectivity index is 2.04. The van der Waals surface area contributed by atoms with E-state index in [2.05, 4.69) is 10.3 Å². The SMILES string of the molecule is CCOC1(c2nc3c(c(=O)[nH]2)CNCC3)CCCC1. The van der Waals surface area contributed by atoms with Crippen LogP contribution in [0.1, 0.15) is 49.7 Å². The van der Waals surface area contributed by atoms with Gasteiger partial charge in [-0.15, -0.1) is 0 Å². The molecule has 1 aromatic rings. The number of aromatic nitrogens is 2. The van der Waals surface area contributed by atoms with Crippen LogP contribution in [-0.2, 0) is 23.3 Å². The third kappa shape index (κ3) is 2.21. The summed E-state index contributed by atoms with van der Waals surface area (Å²) in [5, 5.41) is 3.21. The molecular weight excluding hydrogens is 242 g/mol. The third-order valence-corrected chi connectivity index (χ3v) is 4.20. The van der Waals surface area contributed by atoms with Crippen LogP contribution in [0.5, 0.6) is 0 Å². The Morgan fingerprint density at radius 3 is 2.89 bits per heavy atom. The first-order valence-corrected chi connectivity index (χ1v) is 7.22. The molecule has 1 saturated carbocycles. The van der Waals surface area contributed by atoms with E-state index >= 15 is 0 Å². The molecule has 0 atom stereocenters. The molecule has 0 saturated heterocycles. The van der Waals surface area contributed by atoms with Crippen molar-refractivity contribution >= 4 is 0 Å². The largest absolute Gasteiger partial charge is 0.367 e. The average molecular weight is 263 g/mol. The molecule has 5 nitrogen and oxygen atoms in total. The van der Waals surface area contributed by atoms with E-state index in [1.807, 2.05) is 6.92 Å². The van der Waals surface area contributed by atoms with Crippen molar-refractivity contribution in [3.63, 3.8) is 0 Å². The summed E-state index contributed by atoms with van der Waals surface area (Å²) in [5.41, 5.74) is 1.38. The standard InChI is InChI=1S/C14H21N3O2/c1-2-19-14(6-3-4-7-14)13-16-11-5-8-15-9-10(11)12(18)17-13/h15H,2-9H2,1H3,(H,16,17,18). The lowest BCUT2D eigenvalue weighted by molar-refractivity contribution is -0.0460. The summed E-state index contributed by atoms with van der Waals surface area (Å²) in [5.74, 6) is 0.748. The fourth-order valence-corrected chi connectivity index (χ4v) is 3.24. The molecule has 0 spiro atoms. The van der Waals surface area contributed by atoms with Crippen molar-refractivity contribution in [1.29, 1.82) is 0 Å². The van der Waals surface area contributed by atoms with Gasteiger partial charge in [0.15, 0.2) is 0 Å². The second-order valence-corrected chi connectivity index (χ2v) is 5.40. The molecule has 5 heteroatoms. The van der Waals surface area contributed by atoms with Crippen molar-refractivity contribution in [3.05, 3.63) is 27.4 Å². The first-order chi connectivity index (χ1) is 9.25. The lowest BCUT2D eigenvalue weighted by Crippen LogP contribution is -2.37. The van der Waals surface area contributed by atoms with E-state index < -0.39 is 0 Å². The van der Waals surface area contributed by atoms with Crippen molar-refractivity contribution < 1.29 is 4.74 Å². The maximum Gasteiger partial charge on any atom is 0.255 e. The van der Waals surface area contributed by atoms with Gasteiger partial charge in [-0.3, -0.25) is 4.79 Å². The summed E-state index contributed by atoms with van der Waals surface area (Å²) >= 11 is 0. The Hall–Kier alpha value is -1.20. The van der Waals surface area contributed by atoms with Crippen LogP contribution in [0.2, 0.25) is 0 Å². The molecule has 0 radical (unpaired) electrons. The molecular formula is C14H21N3O2. The minimum Gasteiger partial charge on any atom is -0.367 e. The quantitative estimate of drug-likeness (QED) is 0.860. The lowest BCUT2D eigenvalue weighted by Gasteiger charge is -2.29. The topological polar surface area (TPSA) is 67.0 Å². The Morgan fingerprint density at radius 2 is 2.16 bits per heavy atom. The van der Waals surface area contributed by atoms with Crippen LogP contribution in [-0.4, -0.2) is 23.1 Å². The van der Waals surface area contributed by atoms with Gasteiger partial charge in [-0.25, -0.2) is 4.98 Å². The number of hydrogen-bond acceptors (Lipinski definition) is 4. The predicted octanol–water partition coefficient (Wildman–Crippen LogP) is 1.22. The van der Waals surface area contributed by atoms with Crippen LogP contribution in [0, 0.1) is 0 Å². The number of ether oxygens (including phenoxy) is 1. The second-order valence-electron chi connectivity index (χ2n) is 5.40. The Kier molecular flexibility index (Phi) is 3.41. The molecule has 1 fully saturated rings. The number of aromatic amines is 1. The fraction of sp³-hybridized carbons (Fsp3) is 0.714. The molecule has 104 valence electrons. The number of fused-ring (bicyclic) bond motifs is 1. The van der Waals surface area contributed by atoms with Crippen molar-refractivity contribution in [2.75, 3.05) is 13.2 Å². The van der Waals surface area contributed by atoms with Gasteiger partial charge in [0.25, 0.3) is 5.56 Å². The van der Waals surface area contributed by atoms with E-state index in [0.717, 1.165) is 55.7 Å². The van der Waals surface area contributed by atoms with Gasteiger partial charge in [0, 0.05) is 26.1 Å². The molecule has 0 unspecified atom stereocenters. The normalized spacial score (nSPS) is 21.3. The number of nitrogens with zero attached hydrogens (tertiary/aromatic N) is 1. The van der Waals surface area contributed by atoms with Gasteiger partial charge in [-0.1, -0.05) is 0 Å². The lowest BCUT2D eigenvalue weighted by atomic mass is 9.99. The summed E-state index contributed by atoms with van der Waals surface area (Å²) in [7, 11) is 0. The van der Waals surface area contributed by atoms with E-state index in [0.29, 0.717) is 13.2 Å². The van der Waals surface area contributed by atoms with E-state index in [1.165, 1.54) is 0 Å². The Bertz CT molecular complexity index is 518. The van der Waals surface area contributed by atoms with Gasteiger partial charge in [0.2, 0.25) is 0 Å². The molecule has 2 heterocycles. The zero-order chi connectivity index (χ0) is 13.3. The zero-order valence-corrected chi connectivity index (χ0v) is 11.4. The molecule has 0 bridgehead atoms. The van der Waals surface area contributed by atoms with Crippen LogP contribution in [0.3, 0.4) is 0 Å². The summed E-state index contributed by atoms with van der Waals surface area (Å²) in [6, 6.07) is 0. The first-order valence-electron chi connectivity index (χ1n) is 7.22. The van der Waals surface area contributed by atoms with Crippen LogP contribution < -0.4 is 10.9 Å². The van der Waals surface area contributed by atoms with Crippen molar-refractivity contribution in [3.8, 4) is 0 Å². The summed E-state index contributed by atoms with van der Waals surface area (Å²) in [6.07, 6.45) is 5.03. The molecule has 1 aliphatic carbocycles. The highest BCUT2D eigenvalue weighted by Gasteiger charge is 2.39. The monoisotopic (exact) mass is 263 g/mol. The van der Waals surface area contributed by atoms with Crippen molar-refractivity contribution in [1.82, 2.24) is 15.3 Å². The highest BCUT2D eigenvalue weighted by atomic mass is 16.5. The summed E-state index contributed by atoms with van der Waals surface area (Å²) in [4.78, 5) is 19.9. The smallest absolute Gasteiger partial charge is 0.255 e. The highest BCUT2D eigenvalue weighted by Crippen LogP contribution is 2.40. The van der Waals surface area contributed by atoms with Crippen LogP contribution >= 0.6 is 0 Å². The number of rotatable bonds is 3. The van der Waals surface area contributed by atoms with E-state index in [9.17, 15) is 4.79 Å². The van der Waals surface area contributed by atoms with Crippen LogP contribution in [0.25, 0.3) is 0 Å². The van der Waals surface area contributed by atoms with Gasteiger partial charge in [-0.05, 0) is 32.6 Å². The molecule has 3 rings (SSSR count). The van der Waals surface area contributed by atoms with Gasteiger partial charge in [0.05, 0.1) is 11.3 Å². The van der Waals surface area contributed by atoms with E-state index in [1.54, 1.807) is 0 Å². The maximum atomic E-state index is 12.2. The van der Waals surface area contributed by atoms with Gasteiger partial charge in [0.1, 0.15) is 11.4 Å². The number of H-pyrrole nitrogens is 1. The maximum absolute atomic E-state index is 12.2. The third-order valence-electron chi connectivity index (χ3n) is 4.20. The minimum absolute atomic E-state index is 0.00169. The predicted molar refractivity (Wildman–Crippen MR) is 72.0 cm³/mol. The molecule has 2 aliphatic rings. The summed E-state index contributed by atoms with van der Waals surface area (Å²) < 4.78 is 5.97. The molecule has 19 heavy (non-hydrogen) atoms. The first kappa shape index (κ1) is 12.8. The molecule has 0 aromatic carbocycles. The van der Waals surface area contributed by atoms with Crippen LogP contribution in [0.4, 0.5) is 0 Å². The Labute approximate surface area is 112 Å². The van der Waals surface area contributed by atoms with E-state index in [4.69, 9.17) is 9.72 Å². The molecule has 1 aliphatic heterocycles. The van der Waals surface area contributed by atoms with Crippen molar-refractivity contribution in [2.24, 2.45) is 0 Å². The Morgan fingerprint density at radius 1 is 1.37 bits per heavy atom. The second kappa shape index (κ2) is 5.06. The minimum atomic E-state index is -0.353. The van der Waals surface area contributed by atoms with E-state index in [-0.39, 0.29) is 11.2 Å². The van der Waals surface area contributed by atoms with Gasteiger partial charge < -0.3 is 15.0 Å². The molecule has 0 amide bonds. The van der Waals surface area contributed by atoms with Gasteiger partial charge >= 0.3 is 0 Å². The molecule has 1 aromatic heterocycles. The van der Waals surface area contributed by atoms with Crippen molar-refractivity contribution in [2.45, 2.75) is 51.2 Å². The zero-order valence-electron chi connectivity index (χ0n) is 11.4. The molecule has 2 N–H and O–H groups in total. The van der Waals surface area contributed by atoms with Gasteiger partial charge in [-0.2, -0.15) is 0 Å². The highest BCUT2D eigenvalue weighted by molar-refractivity contribution is 5.22. The fourth-order valence-electron chi connectivity index (χ4n) is 3.24.